The Morgan fingerprint density at radius 1 is 1.10 bits per heavy atom. The molecule has 1 aromatic heterocycles. The van der Waals surface area contributed by atoms with E-state index in [1.165, 1.54) is 18.2 Å². The lowest BCUT2D eigenvalue weighted by Gasteiger charge is -2.21. The first-order valence-electron chi connectivity index (χ1n) is 10.4. The van der Waals surface area contributed by atoms with Gasteiger partial charge in [-0.2, -0.15) is 0 Å². The van der Waals surface area contributed by atoms with Gasteiger partial charge < -0.3 is 20.4 Å². The van der Waals surface area contributed by atoms with E-state index in [0.717, 1.165) is 45.1 Å². The van der Waals surface area contributed by atoms with Crippen LogP contribution in [0.5, 0.6) is 0 Å². The lowest BCUT2D eigenvalue weighted by atomic mass is 10.1. The maximum atomic E-state index is 14.0. The summed E-state index contributed by atoms with van der Waals surface area (Å²) in [4.78, 5) is 13.0. The van der Waals surface area contributed by atoms with Crippen LogP contribution in [0.4, 0.5) is 15.9 Å². The van der Waals surface area contributed by atoms with Crippen LogP contribution in [0.1, 0.15) is 12.8 Å². The van der Waals surface area contributed by atoms with Gasteiger partial charge in [0.05, 0.1) is 0 Å². The third-order valence-electron chi connectivity index (χ3n) is 5.76. The monoisotopic (exact) mass is 524 g/mol. The Morgan fingerprint density at radius 3 is 2.67 bits per heavy atom. The second-order valence-corrected chi connectivity index (χ2v) is 7.77. The average molecular weight is 524 g/mol. The Hall–Kier alpha value is -2.10. The lowest BCUT2D eigenvalue weighted by Crippen LogP contribution is -2.46. The zero-order valence-electron chi connectivity index (χ0n) is 17.3. The van der Waals surface area contributed by atoms with Gasteiger partial charge in [0.15, 0.2) is 17.6 Å². The first kappa shape index (κ1) is 22.6. The molecule has 2 saturated heterocycles. The number of hydrogen-bond donors (Lipinski definition) is 2. The summed E-state index contributed by atoms with van der Waals surface area (Å²) in [6.45, 7) is 4.56. The molecule has 30 heavy (non-hydrogen) atoms. The molecule has 2 fully saturated rings. The van der Waals surface area contributed by atoms with Crippen molar-refractivity contribution in [1.82, 2.24) is 15.6 Å². The van der Waals surface area contributed by atoms with Crippen LogP contribution in [0.15, 0.2) is 53.7 Å². The van der Waals surface area contributed by atoms with Crippen LogP contribution in [0.2, 0.25) is 0 Å². The molecule has 2 atom stereocenters. The molecule has 2 N–H and O–H groups in total. The van der Waals surface area contributed by atoms with Crippen LogP contribution in [0.3, 0.4) is 0 Å². The van der Waals surface area contributed by atoms with Gasteiger partial charge in [-0.05, 0) is 43.0 Å². The Labute approximate surface area is 195 Å². The molecule has 2 aliphatic rings. The van der Waals surface area contributed by atoms with Gasteiger partial charge in [-0.3, -0.25) is 4.99 Å². The van der Waals surface area contributed by atoms with Crippen LogP contribution >= 0.6 is 24.0 Å². The van der Waals surface area contributed by atoms with Crippen LogP contribution in [0, 0.1) is 11.7 Å². The predicted molar refractivity (Wildman–Crippen MR) is 131 cm³/mol. The molecule has 4 rings (SSSR count). The minimum atomic E-state index is -0.264. The van der Waals surface area contributed by atoms with Gasteiger partial charge in [-0.15, -0.1) is 24.0 Å². The Bertz CT molecular complexity index is 833. The van der Waals surface area contributed by atoms with Crippen molar-refractivity contribution in [3.8, 4) is 0 Å². The molecule has 2 aliphatic heterocycles. The highest BCUT2D eigenvalue weighted by Crippen LogP contribution is 2.23. The largest absolute Gasteiger partial charge is 0.371 e. The summed E-state index contributed by atoms with van der Waals surface area (Å²) >= 11 is 0. The van der Waals surface area contributed by atoms with E-state index in [1.54, 1.807) is 19.3 Å². The maximum absolute atomic E-state index is 14.0. The van der Waals surface area contributed by atoms with Crippen LogP contribution < -0.4 is 20.4 Å². The Balaban J connectivity index is 0.00000256. The van der Waals surface area contributed by atoms with Gasteiger partial charge in [0.1, 0.15) is 0 Å². The summed E-state index contributed by atoms with van der Waals surface area (Å²) in [7, 11) is 1.80. The summed E-state index contributed by atoms with van der Waals surface area (Å²) in [6.07, 6.45) is 3.75. The molecular weight excluding hydrogens is 494 g/mol. The minimum absolute atomic E-state index is 0. The number of hydrogen-bond acceptors (Lipinski definition) is 4. The van der Waals surface area contributed by atoms with E-state index >= 15 is 0 Å². The number of aromatic nitrogens is 1. The van der Waals surface area contributed by atoms with Crippen molar-refractivity contribution in [2.75, 3.05) is 49.6 Å². The smallest absolute Gasteiger partial charge is 0.191 e. The van der Waals surface area contributed by atoms with E-state index in [2.05, 4.69) is 55.8 Å². The van der Waals surface area contributed by atoms with E-state index in [-0.39, 0.29) is 35.8 Å². The van der Waals surface area contributed by atoms with Gasteiger partial charge in [-0.1, -0.05) is 18.2 Å². The SMILES string of the molecule is CN=C(NCC1CCN(c2ccccc2)C1)NC1CCN(c2ncccc2F)C1.I. The highest BCUT2D eigenvalue weighted by Gasteiger charge is 2.27. The number of aliphatic imine (C=N–C) groups is 1. The molecule has 0 radical (unpaired) electrons. The van der Waals surface area contributed by atoms with Crippen molar-refractivity contribution in [1.29, 1.82) is 0 Å². The minimum Gasteiger partial charge on any atom is -0.371 e. The number of pyridine rings is 1. The van der Waals surface area contributed by atoms with Crippen molar-refractivity contribution >= 4 is 41.4 Å². The van der Waals surface area contributed by atoms with Gasteiger partial charge in [-0.25, -0.2) is 9.37 Å². The van der Waals surface area contributed by atoms with E-state index < -0.39 is 0 Å². The first-order valence-corrected chi connectivity index (χ1v) is 10.4. The molecular formula is C22H30FIN6. The molecule has 0 spiro atoms. The maximum Gasteiger partial charge on any atom is 0.191 e. The average Bonchev–Trinajstić information content (AvgIpc) is 3.42. The summed E-state index contributed by atoms with van der Waals surface area (Å²) in [5.74, 6) is 1.58. The van der Waals surface area contributed by atoms with Crippen molar-refractivity contribution in [3.63, 3.8) is 0 Å². The molecule has 0 amide bonds. The summed E-state index contributed by atoms with van der Waals surface area (Å²) < 4.78 is 14.0. The molecule has 0 saturated carbocycles. The zero-order chi connectivity index (χ0) is 20.1. The number of anilines is 2. The third kappa shape index (κ3) is 5.53. The molecule has 0 aliphatic carbocycles. The summed E-state index contributed by atoms with van der Waals surface area (Å²) in [6, 6.07) is 13.9. The fraction of sp³-hybridized carbons (Fsp3) is 0.455. The fourth-order valence-electron chi connectivity index (χ4n) is 4.18. The van der Waals surface area contributed by atoms with E-state index in [9.17, 15) is 4.39 Å². The second kappa shape index (κ2) is 10.8. The van der Waals surface area contributed by atoms with Gasteiger partial charge >= 0.3 is 0 Å². The standard InChI is InChI=1S/C22H29FN6.HI/c1-24-22(26-14-17-9-12-28(15-17)19-6-3-2-4-7-19)27-18-10-13-29(16-18)21-20(23)8-5-11-25-21;/h2-8,11,17-18H,9-10,12-16H2,1H3,(H2,24,26,27);1H. The van der Waals surface area contributed by atoms with E-state index in [4.69, 9.17) is 0 Å². The van der Waals surface area contributed by atoms with Crippen molar-refractivity contribution in [2.45, 2.75) is 18.9 Å². The lowest BCUT2D eigenvalue weighted by molar-refractivity contribution is 0.557. The second-order valence-electron chi connectivity index (χ2n) is 7.77. The highest BCUT2D eigenvalue weighted by atomic mass is 127. The van der Waals surface area contributed by atoms with E-state index in [1.807, 2.05) is 4.90 Å². The number of rotatable bonds is 5. The molecule has 8 heteroatoms. The number of guanidine groups is 1. The quantitative estimate of drug-likeness (QED) is 0.358. The molecule has 2 unspecified atom stereocenters. The number of benzene rings is 1. The van der Waals surface area contributed by atoms with Crippen molar-refractivity contribution < 1.29 is 4.39 Å². The van der Waals surface area contributed by atoms with Gasteiger partial charge in [0.25, 0.3) is 0 Å². The number of nitrogens with one attached hydrogen (secondary N) is 2. The normalized spacial score (nSPS) is 21.5. The third-order valence-corrected chi connectivity index (χ3v) is 5.76. The summed E-state index contributed by atoms with van der Waals surface area (Å²) in [5, 5.41) is 6.97. The fourth-order valence-corrected chi connectivity index (χ4v) is 4.18. The van der Waals surface area contributed by atoms with Crippen LogP contribution in [-0.4, -0.2) is 56.8 Å². The van der Waals surface area contributed by atoms with Crippen molar-refractivity contribution in [2.24, 2.45) is 10.9 Å². The van der Waals surface area contributed by atoms with Crippen LogP contribution in [0.25, 0.3) is 0 Å². The van der Waals surface area contributed by atoms with Crippen molar-refractivity contribution in [3.05, 3.63) is 54.5 Å². The molecule has 1 aromatic carbocycles. The molecule has 6 nitrogen and oxygen atoms in total. The first-order chi connectivity index (χ1) is 14.2. The number of halogens is 2. The molecule has 3 heterocycles. The molecule has 0 bridgehead atoms. The zero-order valence-corrected chi connectivity index (χ0v) is 19.6. The highest BCUT2D eigenvalue weighted by molar-refractivity contribution is 14.0. The molecule has 2 aromatic rings. The van der Waals surface area contributed by atoms with E-state index in [0.29, 0.717) is 11.7 Å². The van der Waals surface area contributed by atoms with Gasteiger partial charge in [0.2, 0.25) is 0 Å². The number of nitrogens with zero attached hydrogens (tertiary/aromatic N) is 4. The Kier molecular flexibility index (Phi) is 8.12. The van der Waals surface area contributed by atoms with Crippen LogP contribution in [-0.2, 0) is 0 Å². The molecule has 162 valence electrons. The van der Waals surface area contributed by atoms with Gasteiger partial charge in [0, 0.05) is 57.7 Å². The summed E-state index contributed by atoms with van der Waals surface area (Å²) in [5.41, 5.74) is 1.30. The topological polar surface area (TPSA) is 55.8 Å². The Morgan fingerprint density at radius 2 is 1.90 bits per heavy atom. The number of para-hydroxylation sites is 1. The predicted octanol–water partition coefficient (Wildman–Crippen LogP) is 3.11.